The Morgan fingerprint density at radius 2 is 1.76 bits per heavy atom. The summed E-state index contributed by atoms with van der Waals surface area (Å²) in [5, 5.41) is 13.1. The van der Waals surface area contributed by atoms with Crippen molar-refractivity contribution in [1.29, 1.82) is 0 Å². The van der Waals surface area contributed by atoms with Gasteiger partial charge in [0, 0.05) is 17.6 Å². The molecule has 2 fully saturated rings. The second-order valence-electron chi connectivity index (χ2n) is 7.04. The van der Waals surface area contributed by atoms with Gasteiger partial charge in [-0.15, -0.1) is 0 Å². The lowest BCUT2D eigenvalue weighted by Crippen LogP contribution is -2.52. The Kier molecular flexibility index (Phi) is 5.21. The summed E-state index contributed by atoms with van der Waals surface area (Å²) in [5.41, 5.74) is -0.332. The molecule has 2 aliphatic rings. The Balaban J connectivity index is 1.82. The molecule has 6 heteroatoms. The van der Waals surface area contributed by atoms with Crippen molar-refractivity contribution < 1.29 is 18.3 Å². The Labute approximate surface area is 124 Å². The Hall–Kier alpha value is -0.330. The predicted octanol–water partition coefficient (Wildman–Crippen LogP) is 2.54. The molecule has 21 heavy (non-hydrogen) atoms. The molecule has 1 aliphatic heterocycles. The highest BCUT2D eigenvalue weighted by Crippen LogP contribution is 2.35. The van der Waals surface area contributed by atoms with Gasteiger partial charge in [0.1, 0.15) is 0 Å². The number of nitrogens with one attached hydrogen (secondary N) is 1. The van der Waals surface area contributed by atoms with E-state index in [1.807, 2.05) is 6.92 Å². The second kappa shape index (κ2) is 6.42. The first-order valence-corrected chi connectivity index (χ1v) is 7.93. The number of rotatable bonds is 6. The zero-order valence-electron chi connectivity index (χ0n) is 12.9. The minimum Gasteiger partial charge on any atom is -0.394 e. The number of hydrogen-bond acceptors (Lipinski definition) is 3. The molecular weight excluding hydrogens is 281 g/mol. The quantitative estimate of drug-likeness (QED) is 0.791. The van der Waals surface area contributed by atoms with Gasteiger partial charge in [0.2, 0.25) is 0 Å². The predicted molar refractivity (Wildman–Crippen MR) is 76.1 cm³/mol. The van der Waals surface area contributed by atoms with Gasteiger partial charge in [-0.2, -0.15) is 13.2 Å². The molecule has 1 heterocycles. The molecule has 2 N–H and O–H groups in total. The summed E-state index contributed by atoms with van der Waals surface area (Å²) in [5.74, 6) is -1.14. The van der Waals surface area contributed by atoms with Crippen LogP contribution < -0.4 is 5.32 Å². The van der Waals surface area contributed by atoms with E-state index in [4.69, 9.17) is 0 Å². The van der Waals surface area contributed by atoms with Crippen LogP contribution >= 0.6 is 0 Å². The number of halogens is 3. The zero-order chi connectivity index (χ0) is 15.7. The highest BCUT2D eigenvalue weighted by Gasteiger charge is 2.42. The van der Waals surface area contributed by atoms with E-state index in [-0.39, 0.29) is 31.0 Å². The van der Waals surface area contributed by atoms with Crippen LogP contribution in [-0.2, 0) is 0 Å². The summed E-state index contributed by atoms with van der Waals surface area (Å²) in [4.78, 5) is 2.13. The van der Waals surface area contributed by atoms with Gasteiger partial charge in [0.05, 0.1) is 12.5 Å². The van der Waals surface area contributed by atoms with Crippen LogP contribution in [0.2, 0.25) is 0 Å². The van der Waals surface area contributed by atoms with E-state index in [0.717, 1.165) is 19.3 Å². The van der Waals surface area contributed by atoms with Crippen molar-refractivity contribution in [2.75, 3.05) is 19.7 Å². The molecule has 2 unspecified atom stereocenters. The zero-order valence-corrected chi connectivity index (χ0v) is 12.9. The molecular formula is C15H27F3N2O. The van der Waals surface area contributed by atoms with Crippen molar-refractivity contribution in [2.24, 2.45) is 5.92 Å². The molecule has 2 rings (SSSR count). The average molecular weight is 308 g/mol. The maximum atomic E-state index is 12.7. The highest BCUT2D eigenvalue weighted by atomic mass is 19.4. The SMILES string of the molecule is CC(CC(C)(CO)NC1CC1)N1CCC(C(F)(F)F)CC1. The van der Waals surface area contributed by atoms with E-state index >= 15 is 0 Å². The van der Waals surface area contributed by atoms with Gasteiger partial charge < -0.3 is 15.3 Å². The first-order chi connectivity index (χ1) is 9.73. The summed E-state index contributed by atoms with van der Waals surface area (Å²) in [7, 11) is 0. The number of aliphatic hydroxyl groups excluding tert-OH is 1. The first-order valence-electron chi connectivity index (χ1n) is 7.93. The molecule has 0 amide bonds. The average Bonchev–Trinajstić information content (AvgIpc) is 3.21. The van der Waals surface area contributed by atoms with Crippen molar-refractivity contribution in [1.82, 2.24) is 10.2 Å². The molecule has 0 aromatic rings. The highest BCUT2D eigenvalue weighted by molar-refractivity contribution is 4.95. The standard InChI is InChI=1S/C15H27F3N2O/c1-11(9-14(2,10-21)19-13-3-4-13)20-7-5-12(6-8-20)15(16,17)18/h11-13,19,21H,3-10H2,1-2H3. The van der Waals surface area contributed by atoms with Gasteiger partial charge >= 0.3 is 6.18 Å². The van der Waals surface area contributed by atoms with Crippen LogP contribution in [0.4, 0.5) is 13.2 Å². The fourth-order valence-corrected chi connectivity index (χ4v) is 3.34. The lowest BCUT2D eigenvalue weighted by molar-refractivity contribution is -0.186. The van der Waals surface area contributed by atoms with Gasteiger partial charge in [0.15, 0.2) is 0 Å². The monoisotopic (exact) mass is 308 g/mol. The molecule has 1 saturated heterocycles. The fraction of sp³-hybridized carbons (Fsp3) is 1.00. The summed E-state index contributed by atoms with van der Waals surface area (Å²) in [6, 6.07) is 0.688. The number of likely N-dealkylation sites (tertiary alicyclic amines) is 1. The number of nitrogens with zero attached hydrogens (tertiary/aromatic N) is 1. The largest absolute Gasteiger partial charge is 0.394 e. The van der Waals surface area contributed by atoms with Crippen LogP contribution in [0.3, 0.4) is 0 Å². The Bertz CT molecular complexity index is 338. The van der Waals surface area contributed by atoms with Crippen molar-refractivity contribution >= 4 is 0 Å². The molecule has 3 nitrogen and oxygen atoms in total. The molecule has 0 bridgehead atoms. The third-order valence-electron chi connectivity index (χ3n) is 4.84. The molecule has 1 saturated carbocycles. The smallest absolute Gasteiger partial charge is 0.391 e. The third kappa shape index (κ3) is 4.83. The lowest BCUT2D eigenvalue weighted by Gasteiger charge is -2.40. The lowest BCUT2D eigenvalue weighted by atomic mass is 9.90. The van der Waals surface area contributed by atoms with Gasteiger partial charge in [-0.1, -0.05) is 0 Å². The van der Waals surface area contributed by atoms with Crippen molar-refractivity contribution in [3.8, 4) is 0 Å². The Morgan fingerprint density at radius 1 is 1.19 bits per heavy atom. The maximum absolute atomic E-state index is 12.7. The first kappa shape index (κ1) is 17.0. The molecule has 0 aromatic carbocycles. The van der Waals surface area contributed by atoms with E-state index in [1.165, 1.54) is 0 Å². The Morgan fingerprint density at radius 3 is 2.19 bits per heavy atom. The van der Waals surface area contributed by atoms with Gasteiger partial charge in [-0.05, 0) is 59.0 Å². The molecule has 0 radical (unpaired) electrons. The third-order valence-corrected chi connectivity index (χ3v) is 4.84. The second-order valence-corrected chi connectivity index (χ2v) is 7.04. The topological polar surface area (TPSA) is 35.5 Å². The van der Waals surface area contributed by atoms with Crippen molar-refractivity contribution in [3.05, 3.63) is 0 Å². The summed E-state index contributed by atoms with van der Waals surface area (Å²) >= 11 is 0. The normalized spacial score (nSPS) is 26.6. The molecule has 0 aromatic heterocycles. The summed E-state index contributed by atoms with van der Waals surface area (Å²) in [6.07, 6.45) is -0.597. The summed E-state index contributed by atoms with van der Waals surface area (Å²) in [6.45, 7) is 5.11. The van der Waals surface area contributed by atoms with Crippen molar-refractivity contribution in [3.63, 3.8) is 0 Å². The molecule has 2 atom stereocenters. The van der Waals surface area contributed by atoms with Crippen LogP contribution in [0.1, 0.15) is 46.0 Å². The minimum atomic E-state index is -4.05. The molecule has 1 aliphatic carbocycles. The number of piperidine rings is 1. The molecule has 124 valence electrons. The maximum Gasteiger partial charge on any atom is 0.391 e. The van der Waals surface area contributed by atoms with E-state index in [9.17, 15) is 18.3 Å². The summed E-state index contributed by atoms with van der Waals surface area (Å²) < 4.78 is 38.1. The number of aliphatic hydroxyl groups is 1. The van der Waals surface area contributed by atoms with Crippen molar-refractivity contribution in [2.45, 2.75) is 69.8 Å². The molecule has 0 spiro atoms. The fourth-order valence-electron chi connectivity index (χ4n) is 3.34. The van der Waals surface area contributed by atoms with E-state index in [2.05, 4.69) is 17.1 Å². The van der Waals surface area contributed by atoms with Crippen LogP contribution in [0.5, 0.6) is 0 Å². The van der Waals surface area contributed by atoms with E-state index in [1.54, 1.807) is 0 Å². The van der Waals surface area contributed by atoms with Crippen LogP contribution in [0.15, 0.2) is 0 Å². The van der Waals surface area contributed by atoms with Crippen LogP contribution in [0.25, 0.3) is 0 Å². The van der Waals surface area contributed by atoms with Crippen LogP contribution in [0, 0.1) is 5.92 Å². The van der Waals surface area contributed by atoms with Gasteiger partial charge in [0.25, 0.3) is 0 Å². The van der Waals surface area contributed by atoms with Gasteiger partial charge in [-0.25, -0.2) is 0 Å². The van der Waals surface area contributed by atoms with E-state index < -0.39 is 12.1 Å². The minimum absolute atomic E-state index is 0.0624. The van der Waals surface area contributed by atoms with Gasteiger partial charge in [-0.3, -0.25) is 0 Å². The number of hydrogen-bond donors (Lipinski definition) is 2. The number of alkyl halides is 3. The van der Waals surface area contributed by atoms with E-state index in [0.29, 0.717) is 19.1 Å². The van der Waals surface area contributed by atoms with Crippen LogP contribution in [-0.4, -0.2) is 53.5 Å².